The van der Waals surface area contributed by atoms with Crippen LogP contribution in [0.3, 0.4) is 0 Å². The molecule has 0 aliphatic rings. The number of pyridine rings is 1. The Kier molecular flexibility index (Phi) is 4.09. The van der Waals surface area contributed by atoms with Crippen molar-refractivity contribution >= 4 is 38.0 Å². The van der Waals surface area contributed by atoms with Gasteiger partial charge < -0.3 is 10.1 Å². The van der Waals surface area contributed by atoms with E-state index in [9.17, 15) is 9.90 Å². The van der Waals surface area contributed by atoms with Gasteiger partial charge in [0.15, 0.2) is 0 Å². The Bertz CT molecular complexity index is 1200. The summed E-state index contributed by atoms with van der Waals surface area (Å²) < 4.78 is 0.675. The number of fused-ring (bicyclic) bond motifs is 3. The van der Waals surface area contributed by atoms with Crippen molar-refractivity contribution in [3.05, 3.63) is 63.8 Å². The second kappa shape index (κ2) is 6.42. The molecule has 2 aromatic carbocycles. The molecule has 0 saturated heterocycles. The van der Waals surface area contributed by atoms with Gasteiger partial charge in [0.1, 0.15) is 10.4 Å². The number of hydrogen-bond donors (Lipinski definition) is 2. The van der Waals surface area contributed by atoms with Crippen molar-refractivity contribution < 1.29 is 5.11 Å². The molecule has 4 aromatic rings. The van der Waals surface area contributed by atoms with Crippen LogP contribution in [0.15, 0.2) is 57.6 Å². The zero-order valence-corrected chi connectivity index (χ0v) is 15.4. The average molecular weight is 362 g/mol. The smallest absolute Gasteiger partial charge is 0.266 e. The van der Waals surface area contributed by atoms with Crippen molar-refractivity contribution in [1.82, 2.24) is 4.98 Å². The number of thiophene rings is 1. The minimum absolute atomic E-state index is 0.0951. The quantitative estimate of drug-likeness (QED) is 0.498. The van der Waals surface area contributed by atoms with Crippen molar-refractivity contribution in [3.8, 4) is 16.9 Å². The summed E-state index contributed by atoms with van der Waals surface area (Å²) in [4.78, 5) is 19.6. The number of benzene rings is 2. The van der Waals surface area contributed by atoms with Crippen LogP contribution in [-0.4, -0.2) is 15.8 Å². The van der Waals surface area contributed by atoms with Crippen LogP contribution in [0.4, 0.5) is 0 Å². The first-order valence-corrected chi connectivity index (χ1v) is 9.24. The highest BCUT2D eigenvalue weighted by molar-refractivity contribution is 7.17. The van der Waals surface area contributed by atoms with E-state index in [0.29, 0.717) is 11.2 Å². The third kappa shape index (κ3) is 2.80. The zero-order chi connectivity index (χ0) is 18.3. The summed E-state index contributed by atoms with van der Waals surface area (Å²) in [6.45, 7) is 4.61. The number of phenols is 1. The molecule has 0 spiro atoms. The number of nitrogens with one attached hydrogen (secondary N) is 1. The van der Waals surface area contributed by atoms with Gasteiger partial charge >= 0.3 is 0 Å². The van der Waals surface area contributed by atoms with Gasteiger partial charge in [0.25, 0.3) is 5.56 Å². The van der Waals surface area contributed by atoms with E-state index >= 15 is 0 Å². The molecule has 2 heterocycles. The highest BCUT2D eigenvalue weighted by Gasteiger charge is 2.15. The lowest BCUT2D eigenvalue weighted by molar-refractivity contribution is 0.478. The molecule has 26 heavy (non-hydrogen) atoms. The van der Waals surface area contributed by atoms with E-state index in [1.807, 2.05) is 49.6 Å². The van der Waals surface area contributed by atoms with Crippen LogP contribution in [0, 0.1) is 0 Å². The van der Waals surface area contributed by atoms with Gasteiger partial charge in [-0.2, -0.15) is 0 Å². The predicted octanol–water partition coefficient (Wildman–Crippen LogP) is 5.10. The van der Waals surface area contributed by atoms with Crippen LogP contribution in [0.2, 0.25) is 0 Å². The monoisotopic (exact) mass is 362 g/mol. The third-order valence-corrected chi connectivity index (χ3v) is 5.31. The van der Waals surface area contributed by atoms with E-state index in [1.165, 1.54) is 11.3 Å². The maximum absolute atomic E-state index is 12.2. The molecule has 2 N–H and O–H groups in total. The Balaban J connectivity index is 1.93. The fraction of sp³-hybridized carbons (Fsp3) is 0.143. The van der Waals surface area contributed by atoms with E-state index in [2.05, 4.69) is 9.98 Å². The standard InChI is InChI=1S/C21H18N2O2S/c1-12(2)22-11-13-3-5-14(6-4-13)18-17(24)8-7-16-19(18)15-9-10-26-20(15)21(25)23-16/h3-10,24H,11H2,1-2H3,(H,23,25). The normalized spacial score (nSPS) is 11.2. The summed E-state index contributed by atoms with van der Waals surface area (Å²) in [6, 6.07) is 13.4. The fourth-order valence-corrected chi connectivity index (χ4v) is 3.95. The number of phenolic OH excluding ortho intramolecular Hbond substituents is 1. The molecule has 0 radical (unpaired) electrons. The lowest BCUT2D eigenvalue weighted by Gasteiger charge is -2.11. The van der Waals surface area contributed by atoms with Crippen molar-refractivity contribution in [1.29, 1.82) is 0 Å². The van der Waals surface area contributed by atoms with Crippen LogP contribution in [0.1, 0.15) is 19.4 Å². The van der Waals surface area contributed by atoms with E-state index in [1.54, 1.807) is 12.1 Å². The lowest BCUT2D eigenvalue weighted by Crippen LogP contribution is -2.04. The molecular weight excluding hydrogens is 344 g/mol. The number of hydrogen-bond acceptors (Lipinski definition) is 4. The number of aliphatic imine (C=N–C) groups is 1. The van der Waals surface area contributed by atoms with Crippen molar-refractivity contribution in [2.24, 2.45) is 4.99 Å². The van der Waals surface area contributed by atoms with Crippen molar-refractivity contribution in [2.45, 2.75) is 20.4 Å². The van der Waals surface area contributed by atoms with Crippen LogP contribution in [0.25, 0.3) is 32.1 Å². The van der Waals surface area contributed by atoms with E-state index in [-0.39, 0.29) is 11.3 Å². The molecule has 5 heteroatoms. The second-order valence-electron chi connectivity index (χ2n) is 6.46. The number of rotatable bonds is 3. The molecule has 0 unspecified atom stereocenters. The summed E-state index contributed by atoms with van der Waals surface area (Å²) in [5.74, 6) is 0.201. The van der Waals surface area contributed by atoms with Gasteiger partial charge in [-0.3, -0.25) is 9.79 Å². The SMILES string of the molecule is CC(C)=NCc1ccc(-c2c(O)ccc3[nH]c(=O)c4sccc4c23)cc1. The summed E-state index contributed by atoms with van der Waals surface area (Å²) in [6.07, 6.45) is 0. The highest BCUT2D eigenvalue weighted by Crippen LogP contribution is 2.39. The summed E-state index contributed by atoms with van der Waals surface area (Å²) in [5, 5.41) is 14.2. The van der Waals surface area contributed by atoms with Crippen molar-refractivity contribution in [2.75, 3.05) is 0 Å². The molecule has 2 aromatic heterocycles. The topological polar surface area (TPSA) is 65.5 Å². The Morgan fingerprint density at radius 3 is 2.62 bits per heavy atom. The Labute approximate surface area is 154 Å². The van der Waals surface area contributed by atoms with Crippen LogP contribution < -0.4 is 5.56 Å². The Hall–Kier alpha value is -2.92. The van der Waals surface area contributed by atoms with Gasteiger partial charge in [-0.05, 0) is 48.6 Å². The molecule has 0 aliphatic heterocycles. The number of aromatic nitrogens is 1. The average Bonchev–Trinajstić information content (AvgIpc) is 3.12. The van der Waals surface area contributed by atoms with E-state index < -0.39 is 0 Å². The summed E-state index contributed by atoms with van der Waals surface area (Å²) >= 11 is 1.41. The largest absolute Gasteiger partial charge is 0.507 e. The second-order valence-corrected chi connectivity index (χ2v) is 7.38. The highest BCUT2D eigenvalue weighted by atomic mass is 32.1. The van der Waals surface area contributed by atoms with Crippen LogP contribution in [0.5, 0.6) is 5.75 Å². The number of aromatic hydroxyl groups is 1. The number of H-pyrrole nitrogens is 1. The minimum atomic E-state index is -0.0951. The number of aromatic amines is 1. The first-order valence-electron chi connectivity index (χ1n) is 8.37. The lowest BCUT2D eigenvalue weighted by atomic mass is 9.96. The van der Waals surface area contributed by atoms with Gasteiger partial charge in [0.2, 0.25) is 0 Å². The van der Waals surface area contributed by atoms with Crippen LogP contribution in [-0.2, 0) is 6.54 Å². The fourth-order valence-electron chi connectivity index (χ4n) is 3.16. The predicted molar refractivity (Wildman–Crippen MR) is 110 cm³/mol. The molecule has 0 aliphatic carbocycles. The minimum Gasteiger partial charge on any atom is -0.507 e. The maximum Gasteiger partial charge on any atom is 0.266 e. The Morgan fingerprint density at radius 1 is 1.12 bits per heavy atom. The van der Waals surface area contributed by atoms with Gasteiger partial charge in [0, 0.05) is 27.6 Å². The Morgan fingerprint density at radius 2 is 1.88 bits per heavy atom. The van der Waals surface area contributed by atoms with Gasteiger partial charge in [-0.25, -0.2) is 0 Å². The zero-order valence-electron chi connectivity index (χ0n) is 14.5. The van der Waals surface area contributed by atoms with E-state index in [0.717, 1.165) is 38.7 Å². The molecule has 0 saturated carbocycles. The molecule has 0 fully saturated rings. The van der Waals surface area contributed by atoms with Crippen molar-refractivity contribution in [3.63, 3.8) is 0 Å². The summed E-state index contributed by atoms with van der Waals surface area (Å²) in [7, 11) is 0. The third-order valence-electron chi connectivity index (χ3n) is 4.39. The first kappa shape index (κ1) is 16.5. The summed E-state index contributed by atoms with van der Waals surface area (Å²) in [5.41, 5.74) is 4.44. The molecule has 4 nitrogen and oxygen atoms in total. The van der Waals surface area contributed by atoms with Gasteiger partial charge in [0.05, 0.1) is 6.54 Å². The maximum atomic E-state index is 12.2. The molecule has 130 valence electrons. The van der Waals surface area contributed by atoms with Gasteiger partial charge in [-0.1, -0.05) is 24.3 Å². The van der Waals surface area contributed by atoms with E-state index in [4.69, 9.17) is 0 Å². The first-order chi connectivity index (χ1) is 12.5. The number of nitrogens with zero attached hydrogens (tertiary/aromatic N) is 1. The van der Waals surface area contributed by atoms with Gasteiger partial charge in [-0.15, -0.1) is 11.3 Å². The van der Waals surface area contributed by atoms with Crippen LogP contribution >= 0.6 is 11.3 Å². The molecule has 0 amide bonds. The molecule has 4 rings (SSSR count). The molecule has 0 atom stereocenters. The molecular formula is C21H18N2O2S. The molecule has 0 bridgehead atoms.